The second-order valence-electron chi connectivity index (χ2n) is 13.3. The number of ether oxygens (including phenoxy) is 4. The third-order valence-electron chi connectivity index (χ3n) is 6.75. The van der Waals surface area contributed by atoms with Crippen LogP contribution in [-0.4, -0.2) is 82.2 Å². The summed E-state index contributed by atoms with van der Waals surface area (Å²) in [6.07, 6.45) is -0.0694. The second-order valence-corrected chi connectivity index (χ2v) is 26.5. The first-order chi connectivity index (χ1) is 19.6. The van der Waals surface area contributed by atoms with Crippen molar-refractivity contribution in [2.24, 2.45) is 0 Å². The minimum Gasteiger partial charge on any atom is -0.489 e. The third kappa shape index (κ3) is 14.5. The molecule has 0 fully saturated rings. The minimum absolute atomic E-state index is 0.0694. The summed E-state index contributed by atoms with van der Waals surface area (Å²) in [6, 6.07) is 17.2. The number of rotatable bonds is 19. The molecule has 8 nitrogen and oxygen atoms in total. The monoisotopic (exact) mass is 635 g/mol. The van der Waals surface area contributed by atoms with Gasteiger partial charge in [-0.1, -0.05) is 81.1 Å². The molecule has 0 saturated carbocycles. The maximum Gasteiger partial charge on any atom is 0.306 e. The Balaban J connectivity index is 2.17. The zero-order valence-electron chi connectivity index (χ0n) is 26.8. The highest BCUT2D eigenvalue weighted by atomic mass is 32.2. The predicted molar refractivity (Wildman–Crippen MR) is 178 cm³/mol. The van der Waals surface area contributed by atoms with Gasteiger partial charge >= 0.3 is 5.97 Å². The summed E-state index contributed by atoms with van der Waals surface area (Å²) in [5.74, 6) is -0.701. The van der Waals surface area contributed by atoms with E-state index < -0.39 is 38.1 Å². The van der Waals surface area contributed by atoms with Crippen molar-refractivity contribution >= 4 is 45.4 Å². The van der Waals surface area contributed by atoms with Crippen molar-refractivity contribution in [1.29, 1.82) is 0 Å². The van der Waals surface area contributed by atoms with Crippen LogP contribution in [0.5, 0.6) is 5.75 Å². The molecule has 0 aliphatic carbocycles. The molecule has 1 atom stereocenters. The average molecular weight is 636 g/mol. The molecule has 0 bridgehead atoms. The van der Waals surface area contributed by atoms with E-state index in [4.69, 9.17) is 18.9 Å². The van der Waals surface area contributed by atoms with Gasteiger partial charge in [-0.3, -0.25) is 4.79 Å². The van der Waals surface area contributed by atoms with Crippen LogP contribution < -0.4 is 10.2 Å². The first-order valence-corrected chi connectivity index (χ1v) is 23.6. The van der Waals surface area contributed by atoms with E-state index in [0.29, 0.717) is 31.1 Å². The molecule has 0 saturated heterocycles. The fraction of sp³-hybridized carbons (Fsp3) is 0.567. The Morgan fingerprint density at radius 3 is 1.98 bits per heavy atom. The molecule has 2 aromatic carbocycles. The molecule has 2 rings (SSSR count). The molecule has 0 aromatic heterocycles. The van der Waals surface area contributed by atoms with E-state index in [1.807, 2.05) is 38.2 Å². The van der Waals surface area contributed by atoms with Crippen molar-refractivity contribution in [3.8, 4) is 5.75 Å². The van der Waals surface area contributed by atoms with Crippen LogP contribution in [0.25, 0.3) is 0 Å². The summed E-state index contributed by atoms with van der Waals surface area (Å²) in [7, 11) is -3.17. The number of benzene rings is 2. The summed E-state index contributed by atoms with van der Waals surface area (Å²) >= 11 is 0. The zero-order valence-corrected chi connectivity index (χ0v) is 29.6. The van der Waals surface area contributed by atoms with E-state index in [1.165, 1.54) is 11.4 Å². The standard InChI is InChI=1S/C30H50BNO7SSi2/c1-36-30(33)20-27(26-11-13-29(14-12-26)39-21-25-9-8-10-28(31)19-25)22-40(34,35)32(23-37-15-17-41(2,3)4)24-38-16-18-42(5,6)7/h8-14,19,27H,15-18,20-24,31H2,1-7H3. The fourth-order valence-electron chi connectivity index (χ4n) is 4.01. The molecule has 2 aromatic rings. The Morgan fingerprint density at radius 2 is 1.48 bits per heavy atom. The Labute approximate surface area is 256 Å². The van der Waals surface area contributed by atoms with Gasteiger partial charge in [0.15, 0.2) is 0 Å². The fourth-order valence-corrected chi connectivity index (χ4v) is 7.02. The number of carbonyl (C=O) groups is 1. The van der Waals surface area contributed by atoms with Crippen molar-refractivity contribution in [2.45, 2.75) is 70.3 Å². The van der Waals surface area contributed by atoms with Crippen molar-refractivity contribution in [1.82, 2.24) is 4.31 Å². The van der Waals surface area contributed by atoms with Gasteiger partial charge in [0.25, 0.3) is 0 Å². The van der Waals surface area contributed by atoms with Crippen molar-refractivity contribution < 1.29 is 32.2 Å². The van der Waals surface area contributed by atoms with E-state index in [1.54, 1.807) is 12.1 Å². The van der Waals surface area contributed by atoms with E-state index in [2.05, 4.69) is 45.3 Å². The predicted octanol–water partition coefficient (Wildman–Crippen LogP) is 4.43. The zero-order chi connectivity index (χ0) is 31.4. The van der Waals surface area contributed by atoms with Crippen molar-refractivity contribution in [3.05, 3.63) is 59.7 Å². The molecule has 1 unspecified atom stereocenters. The lowest BCUT2D eigenvalue weighted by Gasteiger charge is -2.26. The molecule has 0 N–H and O–H groups in total. The maximum absolute atomic E-state index is 13.7. The molecule has 0 radical (unpaired) electrons. The number of sulfonamides is 1. The summed E-state index contributed by atoms with van der Waals surface area (Å²) in [5.41, 5.74) is 2.94. The van der Waals surface area contributed by atoms with E-state index in [-0.39, 0.29) is 25.6 Å². The second kappa shape index (κ2) is 16.8. The van der Waals surface area contributed by atoms with Crippen LogP contribution in [0.4, 0.5) is 0 Å². The van der Waals surface area contributed by atoms with Crippen LogP contribution in [0.3, 0.4) is 0 Å². The highest BCUT2D eigenvalue weighted by Crippen LogP contribution is 2.26. The Kier molecular flexibility index (Phi) is 14.5. The van der Waals surface area contributed by atoms with Gasteiger partial charge in [0.2, 0.25) is 10.0 Å². The topological polar surface area (TPSA) is 91.4 Å². The van der Waals surface area contributed by atoms with Gasteiger partial charge in [-0.05, 0) is 35.3 Å². The Morgan fingerprint density at radius 1 is 0.905 bits per heavy atom. The molecule has 0 aliphatic rings. The summed E-state index contributed by atoms with van der Waals surface area (Å²) in [5, 5.41) is 0. The first kappa shape index (κ1) is 36.2. The number of methoxy groups -OCH3 is 1. The van der Waals surface area contributed by atoms with Crippen LogP contribution in [0, 0.1) is 0 Å². The molecular formula is C30H50BNO7SSi2. The molecule has 0 heterocycles. The third-order valence-corrected chi connectivity index (χ3v) is 12.0. The van der Waals surface area contributed by atoms with Crippen LogP contribution in [0.15, 0.2) is 48.5 Å². The summed E-state index contributed by atoms with van der Waals surface area (Å²) in [4.78, 5) is 12.3. The molecule has 0 aliphatic heterocycles. The van der Waals surface area contributed by atoms with Crippen molar-refractivity contribution in [2.75, 3.05) is 39.5 Å². The molecule has 234 valence electrons. The number of nitrogens with zero attached hydrogens (tertiary/aromatic N) is 1. The summed E-state index contributed by atoms with van der Waals surface area (Å²) in [6.45, 7) is 14.7. The number of hydrogen-bond donors (Lipinski definition) is 0. The number of esters is 1. The Bertz CT molecular complexity index is 1190. The van der Waals surface area contributed by atoms with Crippen LogP contribution >= 0.6 is 0 Å². The van der Waals surface area contributed by atoms with Crippen molar-refractivity contribution in [3.63, 3.8) is 0 Å². The lowest BCUT2D eigenvalue weighted by molar-refractivity contribution is -0.140. The van der Waals surface area contributed by atoms with Gasteiger partial charge in [0, 0.05) is 35.3 Å². The smallest absolute Gasteiger partial charge is 0.306 e. The van der Waals surface area contributed by atoms with E-state index in [0.717, 1.165) is 23.1 Å². The quantitative estimate of drug-likeness (QED) is 0.0977. The van der Waals surface area contributed by atoms with E-state index >= 15 is 0 Å². The van der Waals surface area contributed by atoms with Gasteiger partial charge in [-0.25, -0.2) is 8.42 Å². The first-order valence-electron chi connectivity index (χ1n) is 14.6. The maximum atomic E-state index is 13.7. The van der Waals surface area contributed by atoms with Gasteiger partial charge in [-0.2, -0.15) is 4.31 Å². The normalized spacial score (nSPS) is 13.2. The lowest BCUT2D eigenvalue weighted by Crippen LogP contribution is -2.39. The van der Waals surface area contributed by atoms with Gasteiger partial charge in [0.1, 0.15) is 33.7 Å². The molecule has 0 spiro atoms. The highest BCUT2D eigenvalue weighted by Gasteiger charge is 2.30. The number of hydrogen-bond acceptors (Lipinski definition) is 7. The number of carbonyl (C=O) groups excluding carboxylic acids is 1. The molecule has 42 heavy (non-hydrogen) atoms. The Hall–Kier alpha value is -1.96. The van der Waals surface area contributed by atoms with Crippen LogP contribution in [0.1, 0.15) is 23.5 Å². The molecular weight excluding hydrogens is 585 g/mol. The lowest BCUT2D eigenvalue weighted by atomic mass is 9.95. The van der Waals surface area contributed by atoms with Crippen LogP contribution in [0.2, 0.25) is 51.4 Å². The van der Waals surface area contributed by atoms with Gasteiger partial charge in [-0.15, -0.1) is 0 Å². The van der Waals surface area contributed by atoms with Gasteiger partial charge in [0.05, 0.1) is 19.3 Å². The molecule has 0 amide bonds. The minimum atomic E-state index is -3.85. The average Bonchev–Trinajstić information content (AvgIpc) is 2.89. The van der Waals surface area contributed by atoms with Gasteiger partial charge < -0.3 is 18.9 Å². The summed E-state index contributed by atoms with van der Waals surface area (Å²) < 4.78 is 51.2. The van der Waals surface area contributed by atoms with E-state index in [9.17, 15) is 13.2 Å². The largest absolute Gasteiger partial charge is 0.489 e. The SMILES string of the molecule is Bc1cccc(COc2ccc(C(CC(=O)OC)CS(=O)(=O)N(COCC[Si](C)(C)C)COCC[Si](C)(C)C)cc2)c1. The van der Waals surface area contributed by atoms with Crippen LogP contribution in [-0.2, 0) is 35.6 Å². The highest BCUT2D eigenvalue weighted by molar-refractivity contribution is 7.89. The molecule has 12 heteroatoms.